The van der Waals surface area contributed by atoms with Crippen molar-refractivity contribution in [1.29, 1.82) is 0 Å². The number of nitrogens with one attached hydrogen (secondary N) is 1. The average molecular weight is 423 g/mol. The van der Waals surface area contributed by atoms with Gasteiger partial charge in [-0.05, 0) is 57.1 Å². The Labute approximate surface area is 185 Å². The normalized spacial score (nSPS) is 16.4. The second-order valence-electron chi connectivity index (χ2n) is 8.25. The van der Waals surface area contributed by atoms with Crippen molar-refractivity contribution >= 4 is 22.8 Å². The topological polar surface area (TPSA) is 62.6 Å². The molecule has 2 amide bonds. The Bertz CT molecular complexity index is 946. The van der Waals surface area contributed by atoms with Crippen LogP contribution < -0.4 is 5.32 Å². The smallest absolute Gasteiger partial charge is 0.234 e. The number of benzene rings is 1. The Morgan fingerprint density at radius 3 is 2.65 bits per heavy atom. The van der Waals surface area contributed by atoms with Crippen molar-refractivity contribution in [2.24, 2.45) is 0 Å². The summed E-state index contributed by atoms with van der Waals surface area (Å²) in [6, 6.07) is 5.86. The van der Waals surface area contributed by atoms with Crippen LogP contribution in [0, 0.1) is 11.8 Å². The maximum absolute atomic E-state index is 12.2. The van der Waals surface area contributed by atoms with E-state index in [1.54, 1.807) is 6.26 Å². The van der Waals surface area contributed by atoms with Crippen LogP contribution in [-0.4, -0.2) is 36.3 Å². The summed E-state index contributed by atoms with van der Waals surface area (Å²) in [6.07, 6.45) is 9.64. The van der Waals surface area contributed by atoms with Crippen molar-refractivity contribution in [2.45, 2.75) is 71.1 Å². The number of hydrogen-bond acceptors (Lipinski definition) is 4. The number of nitrogens with zero attached hydrogens (tertiary/aromatic N) is 1. The number of amides is 2. The molecule has 2 aromatic rings. The molecule has 5 nitrogen and oxygen atoms in total. The molecule has 0 saturated carbocycles. The van der Waals surface area contributed by atoms with Crippen LogP contribution in [0.1, 0.15) is 82.3 Å². The van der Waals surface area contributed by atoms with Crippen LogP contribution in [0.3, 0.4) is 0 Å². The molecule has 1 aliphatic heterocycles. The Morgan fingerprint density at radius 1 is 1.10 bits per heavy atom. The third-order valence-corrected chi connectivity index (χ3v) is 6.12. The van der Waals surface area contributed by atoms with Crippen molar-refractivity contribution < 1.29 is 14.0 Å². The van der Waals surface area contributed by atoms with E-state index in [2.05, 4.69) is 35.9 Å². The van der Waals surface area contributed by atoms with Crippen LogP contribution >= 0.6 is 0 Å². The first-order valence-electron chi connectivity index (χ1n) is 11.7. The fourth-order valence-corrected chi connectivity index (χ4v) is 4.17. The molecule has 1 atom stereocenters. The van der Waals surface area contributed by atoms with E-state index in [0.29, 0.717) is 12.8 Å². The van der Waals surface area contributed by atoms with Gasteiger partial charge in [-0.25, -0.2) is 0 Å². The van der Waals surface area contributed by atoms with Crippen LogP contribution in [0.25, 0.3) is 11.0 Å². The number of unbranched alkanes of at least 4 members (excludes halogenated alkanes) is 5. The Hall–Kier alpha value is -2.58. The van der Waals surface area contributed by atoms with E-state index < -0.39 is 0 Å². The minimum Gasteiger partial charge on any atom is -0.464 e. The maximum Gasteiger partial charge on any atom is 0.234 e. The monoisotopic (exact) mass is 422 g/mol. The number of furan rings is 1. The lowest BCUT2D eigenvalue weighted by Gasteiger charge is -2.19. The third kappa shape index (κ3) is 6.45. The van der Waals surface area contributed by atoms with E-state index in [1.165, 1.54) is 32.2 Å². The maximum atomic E-state index is 12.2. The molecule has 5 heteroatoms. The van der Waals surface area contributed by atoms with Gasteiger partial charge in [0, 0.05) is 29.4 Å². The summed E-state index contributed by atoms with van der Waals surface area (Å²) < 4.78 is 5.64. The highest BCUT2D eigenvalue weighted by Gasteiger charge is 2.30. The van der Waals surface area contributed by atoms with Gasteiger partial charge in [-0.1, -0.05) is 45.0 Å². The molecule has 31 heavy (non-hydrogen) atoms. The molecule has 0 radical (unpaired) electrons. The van der Waals surface area contributed by atoms with Crippen LogP contribution in [0.2, 0.25) is 0 Å². The second kappa shape index (κ2) is 11.7. The number of rotatable bonds is 10. The van der Waals surface area contributed by atoms with Crippen LogP contribution in [0.4, 0.5) is 0 Å². The molecule has 1 saturated heterocycles. The summed E-state index contributed by atoms with van der Waals surface area (Å²) in [5.74, 6) is 5.75. The molecular formula is C26H34N2O3. The summed E-state index contributed by atoms with van der Waals surface area (Å²) in [6.45, 7) is 7.95. The van der Waals surface area contributed by atoms with Crippen molar-refractivity contribution in [3.8, 4) is 11.8 Å². The van der Waals surface area contributed by atoms with Gasteiger partial charge in [0.25, 0.3) is 0 Å². The fourth-order valence-electron chi connectivity index (χ4n) is 4.17. The molecule has 1 aromatic carbocycles. The Kier molecular flexibility index (Phi) is 8.73. The van der Waals surface area contributed by atoms with Crippen molar-refractivity contribution in [3.63, 3.8) is 0 Å². The van der Waals surface area contributed by atoms with Gasteiger partial charge in [-0.3, -0.25) is 14.9 Å². The summed E-state index contributed by atoms with van der Waals surface area (Å²) in [5.41, 5.74) is 2.52. The van der Waals surface area contributed by atoms with E-state index in [1.807, 2.05) is 18.2 Å². The zero-order valence-electron chi connectivity index (χ0n) is 18.8. The summed E-state index contributed by atoms with van der Waals surface area (Å²) in [5, 5.41) is 3.34. The first-order valence-corrected chi connectivity index (χ1v) is 11.7. The highest BCUT2D eigenvalue weighted by atomic mass is 16.3. The number of piperidine rings is 1. The predicted molar refractivity (Wildman–Crippen MR) is 124 cm³/mol. The van der Waals surface area contributed by atoms with E-state index in [4.69, 9.17) is 4.42 Å². The molecule has 0 aliphatic carbocycles. The van der Waals surface area contributed by atoms with Crippen LogP contribution in [-0.2, 0) is 9.59 Å². The first-order chi connectivity index (χ1) is 15.1. The summed E-state index contributed by atoms with van der Waals surface area (Å²) >= 11 is 0. The highest BCUT2D eigenvalue weighted by Crippen LogP contribution is 2.32. The molecule has 1 aromatic heterocycles. The number of carbonyl (C=O) groups excluding carboxylic acids is 2. The minimum atomic E-state index is -0.344. The molecule has 1 aliphatic rings. The van der Waals surface area contributed by atoms with Gasteiger partial charge >= 0.3 is 0 Å². The zero-order valence-corrected chi connectivity index (χ0v) is 18.8. The van der Waals surface area contributed by atoms with Crippen molar-refractivity contribution in [2.75, 3.05) is 19.6 Å². The van der Waals surface area contributed by atoms with E-state index in [0.717, 1.165) is 48.0 Å². The van der Waals surface area contributed by atoms with Gasteiger partial charge in [0.2, 0.25) is 11.8 Å². The van der Waals surface area contributed by atoms with Crippen LogP contribution in [0.15, 0.2) is 28.9 Å². The largest absolute Gasteiger partial charge is 0.464 e. The molecule has 166 valence electrons. The van der Waals surface area contributed by atoms with Gasteiger partial charge in [0.05, 0.1) is 12.2 Å². The van der Waals surface area contributed by atoms with E-state index in [-0.39, 0.29) is 17.7 Å². The van der Waals surface area contributed by atoms with Gasteiger partial charge in [0.15, 0.2) is 0 Å². The van der Waals surface area contributed by atoms with Crippen molar-refractivity contribution in [1.82, 2.24) is 10.2 Å². The lowest BCUT2D eigenvalue weighted by Crippen LogP contribution is -2.39. The standard InChI is InChI=1S/C26H34N2O3/c1-3-28(4-2)17-11-9-7-5-6-8-10-12-20-13-15-24-22(18-20)23(19-31-24)21-14-16-25(29)27-26(21)30/h13,15,18-19,21H,3-9,11,14,16-17H2,1-2H3,(H,27,29,30). The SMILES string of the molecule is CCN(CC)CCCCCCCC#Cc1ccc2occ(C3CCC(=O)NC3=O)c2c1. The Morgan fingerprint density at radius 2 is 1.87 bits per heavy atom. The van der Waals surface area contributed by atoms with Gasteiger partial charge < -0.3 is 9.32 Å². The third-order valence-electron chi connectivity index (χ3n) is 6.12. The lowest BCUT2D eigenvalue weighted by atomic mass is 9.90. The molecule has 1 unspecified atom stereocenters. The predicted octanol–water partition coefficient (Wildman–Crippen LogP) is 4.99. The molecule has 2 heterocycles. The number of carbonyl (C=O) groups is 2. The van der Waals surface area contributed by atoms with E-state index in [9.17, 15) is 9.59 Å². The number of imide groups is 1. The zero-order chi connectivity index (χ0) is 22.1. The average Bonchev–Trinajstić information content (AvgIpc) is 3.18. The fraction of sp³-hybridized carbons (Fsp3) is 0.538. The Balaban J connectivity index is 1.48. The van der Waals surface area contributed by atoms with Gasteiger partial charge in [-0.15, -0.1) is 0 Å². The molecule has 1 N–H and O–H groups in total. The first kappa shape index (κ1) is 23.1. The molecule has 0 bridgehead atoms. The molecule has 0 spiro atoms. The van der Waals surface area contributed by atoms with Gasteiger partial charge in [-0.2, -0.15) is 0 Å². The number of hydrogen-bond donors (Lipinski definition) is 1. The summed E-state index contributed by atoms with van der Waals surface area (Å²) in [4.78, 5) is 26.1. The minimum absolute atomic E-state index is 0.204. The van der Waals surface area contributed by atoms with Gasteiger partial charge in [0.1, 0.15) is 5.58 Å². The quantitative estimate of drug-likeness (QED) is 0.333. The lowest BCUT2D eigenvalue weighted by molar-refractivity contribution is -0.134. The molecule has 3 rings (SSSR count). The van der Waals surface area contributed by atoms with Crippen LogP contribution in [0.5, 0.6) is 0 Å². The summed E-state index contributed by atoms with van der Waals surface area (Å²) in [7, 11) is 0. The second-order valence-corrected chi connectivity index (χ2v) is 8.25. The molecule has 1 fully saturated rings. The highest BCUT2D eigenvalue weighted by molar-refractivity contribution is 6.02. The van der Waals surface area contributed by atoms with E-state index >= 15 is 0 Å². The van der Waals surface area contributed by atoms with Crippen molar-refractivity contribution in [3.05, 3.63) is 35.6 Å². The molecular weight excluding hydrogens is 388 g/mol. The number of fused-ring (bicyclic) bond motifs is 1.